The van der Waals surface area contributed by atoms with E-state index >= 15 is 47.9 Å². The number of amidine groups is 1. The van der Waals surface area contributed by atoms with Gasteiger partial charge in [0, 0.05) is 81.3 Å². The van der Waals surface area contributed by atoms with E-state index in [-0.39, 0.29) is 133 Å². The van der Waals surface area contributed by atoms with E-state index in [0.717, 1.165) is 4.90 Å². The summed E-state index contributed by atoms with van der Waals surface area (Å²) >= 11 is 1.32. The van der Waals surface area contributed by atoms with E-state index in [1.165, 1.54) is 75.5 Å². The number of nitrogens with two attached hydrogens (primary N) is 1. The molecule has 3 aliphatic rings. The van der Waals surface area contributed by atoms with Gasteiger partial charge in [0.25, 0.3) is 0 Å². The molecule has 0 bridgehead atoms. The third-order valence-corrected chi connectivity index (χ3v) is 26.1. The molecule has 3 fully saturated rings. The number of hydrogen-bond donors (Lipinski definition) is 19. The summed E-state index contributed by atoms with van der Waals surface area (Å²) in [4.78, 5) is 271. The fourth-order valence-electron chi connectivity index (χ4n) is 17.4. The van der Waals surface area contributed by atoms with Crippen molar-refractivity contribution in [2.24, 2.45) is 53.1 Å². The summed E-state index contributed by atoms with van der Waals surface area (Å²) in [5.74, 6) is -24.7. The van der Waals surface area contributed by atoms with Gasteiger partial charge in [0.05, 0.1) is 36.9 Å². The zero-order valence-corrected chi connectivity index (χ0v) is 84.1. The van der Waals surface area contributed by atoms with Crippen LogP contribution in [0.4, 0.5) is 13.2 Å². The molecule has 4 aromatic rings. The Balaban J connectivity index is 1.31. The monoisotopic (exact) mass is 2010 g/mol. The largest absolute Gasteiger partial charge is 0.508 e. The Kier molecular flexibility index (Phi) is 45.7. The Hall–Kier alpha value is -12.6. The van der Waals surface area contributed by atoms with Crippen molar-refractivity contribution in [2.75, 3.05) is 44.8 Å². The lowest BCUT2D eigenvalue weighted by Gasteiger charge is -2.34. The van der Waals surface area contributed by atoms with Crippen LogP contribution in [0.3, 0.4) is 0 Å². The van der Waals surface area contributed by atoms with Crippen LogP contribution in [0.25, 0.3) is 10.9 Å². The predicted octanol–water partition coefficient (Wildman–Crippen LogP) is 3.03. The van der Waals surface area contributed by atoms with Crippen LogP contribution in [-0.2, 0) is 106 Å². The number of H-pyrrole nitrogens is 1. The maximum atomic E-state index is 15.4. The number of carbonyl (C=O) groups is 18. The second-order valence-electron chi connectivity index (χ2n) is 39.0. The number of aromatic nitrogens is 1. The third kappa shape index (κ3) is 35.2. The molecule has 0 aliphatic carbocycles. The van der Waals surface area contributed by atoms with Crippen LogP contribution in [0, 0.1) is 52.8 Å². The lowest BCUT2D eigenvalue weighted by molar-refractivity contribution is -0.173. The number of amides is 16. The number of aromatic hydroxyl groups is 1. The number of aliphatic hydroxyl groups is 1. The van der Waals surface area contributed by atoms with E-state index in [1.54, 1.807) is 128 Å². The highest BCUT2D eigenvalue weighted by molar-refractivity contribution is 7.98. The number of phenols is 1. The number of ketones is 2. The average molecular weight is 2010 g/mol. The molecule has 1 aromatic heterocycles. The molecule has 16 atom stereocenters. The number of unbranched alkanes of at least 4 members (excludes halogenated alkanes) is 1. The van der Waals surface area contributed by atoms with E-state index in [1.807, 2.05) is 0 Å². The van der Waals surface area contributed by atoms with Gasteiger partial charge in [0.15, 0.2) is 11.6 Å². The Labute approximate surface area is 830 Å². The molecule has 7 rings (SSSR count). The second-order valence-corrected chi connectivity index (χ2v) is 40.0. The van der Waals surface area contributed by atoms with Crippen molar-refractivity contribution in [2.45, 2.75) is 290 Å². The summed E-state index contributed by atoms with van der Waals surface area (Å²) in [6, 6.07) is 0.250. The molecule has 43 heteroatoms. The van der Waals surface area contributed by atoms with Crippen molar-refractivity contribution >= 4 is 135 Å². The van der Waals surface area contributed by atoms with E-state index < -0.39 is 271 Å². The van der Waals surface area contributed by atoms with Crippen LogP contribution in [0.15, 0.2) is 85.1 Å². The van der Waals surface area contributed by atoms with E-state index in [2.05, 4.69) is 74.1 Å². The minimum atomic E-state index is -5.24. The number of halogens is 3. The van der Waals surface area contributed by atoms with Gasteiger partial charge < -0.3 is 105 Å². The molecular weight excluding hydrogens is 1860 g/mol. The lowest BCUT2D eigenvalue weighted by atomic mass is 9.86. The highest BCUT2D eigenvalue weighted by atomic mass is 32.2. The molecule has 0 saturated carbocycles. The van der Waals surface area contributed by atoms with Crippen LogP contribution in [0.5, 0.6) is 5.75 Å². The molecule has 39 nitrogen and oxygen atoms in total. The quantitative estimate of drug-likeness (QED) is 0.0221. The number of aromatic amines is 1. The number of fused-ring (bicyclic) bond motifs is 3. The first-order valence-electron chi connectivity index (χ1n) is 48.7. The molecule has 0 spiro atoms. The minimum absolute atomic E-state index is 0.0236. The fraction of sp³-hybridized carbons (Fsp3) is 0.606. The summed E-state index contributed by atoms with van der Waals surface area (Å²) in [7, 11) is 0. The number of rotatable bonds is 28. The normalized spacial score (nSPS) is 25.0. The smallest absolute Gasteiger partial charge is 0.471 e. The zero-order valence-electron chi connectivity index (χ0n) is 83.3. The second kappa shape index (κ2) is 55.7. The van der Waals surface area contributed by atoms with Crippen LogP contribution in [0.1, 0.15) is 197 Å². The van der Waals surface area contributed by atoms with Crippen LogP contribution in [-0.4, -0.2) is 272 Å². The maximum Gasteiger partial charge on any atom is 0.471 e. The summed E-state index contributed by atoms with van der Waals surface area (Å²) in [6.07, 6.45) is -5.11. The lowest BCUT2D eigenvalue weighted by Crippen LogP contribution is -2.62. The molecule has 4 heterocycles. The van der Waals surface area contributed by atoms with Gasteiger partial charge in [-0.3, -0.25) is 91.7 Å². The van der Waals surface area contributed by atoms with Crippen LogP contribution >= 0.6 is 11.8 Å². The topological polar surface area (TPSA) is 588 Å². The van der Waals surface area contributed by atoms with E-state index in [0.29, 0.717) is 27.6 Å². The Morgan fingerprint density at radius 2 is 0.908 bits per heavy atom. The number of para-hydroxylation sites is 1. The van der Waals surface area contributed by atoms with Crippen molar-refractivity contribution in [3.05, 3.63) is 102 Å². The van der Waals surface area contributed by atoms with Gasteiger partial charge in [0.1, 0.15) is 78.3 Å². The molecule has 142 heavy (non-hydrogen) atoms. The van der Waals surface area contributed by atoms with Crippen molar-refractivity contribution < 1.29 is 110 Å². The Morgan fingerprint density at radius 3 is 1.44 bits per heavy atom. The van der Waals surface area contributed by atoms with Gasteiger partial charge in [-0.05, 0) is 160 Å². The standard InChI is InChI=1S/C99H144F3N19O20S/c1-52(2)43-70-77(124)47-62(51-122)84(127)116-80(54(5)6)92(135)108-67(29-20-21-38-106-98(141)99(100,101)102)78(125)48-65(53(3)4)85(128)117-81(55(7)8)94(137)115-74(49-79(104)126)96(139)121-41-24-32-76(121)97(140)120-40-23-31-75(120)91(134)109-68(30-22-39-105-58(13)103)86(129)112-71(44-59-25-16-15-17-26-59)88(131)113-72(45-60-33-35-63(123)36-34-60)90(133)118-83(57(11)12)95(138)119-82(56(9)10)93(136)110-69(37-42-142-14)87(130)114-73(89(132)111-70)46-61-50-107-66-28-19-18-27-64(61)66/h15-19,25-28,33-36,50,52-57,62,65,67-76,80-83,107,122-123H,20-24,29-32,37-49,51H2,1-14H3,(H2,103,105)(H2,104,126)(H,106,141)(H,108,135)(H,109,134)(H,110,136)(H,111,132)(H,112,129)(H,113,131)(H,114,130)(H,115,137)(H,116,127)(H,117,128)(H,118,133)(H,119,138)/t62-,65-,67-,68-,69-,70-,71-,72-,73-,74-,75-,76+,80-,81-,82+,83-/m0/s1. The number of benzene rings is 3. The molecule has 3 aliphatic heterocycles. The third-order valence-electron chi connectivity index (χ3n) is 25.4. The Bertz CT molecular complexity index is 5060. The molecule has 0 unspecified atom stereocenters. The SMILES string of the molecule is CSCC[C@@H]1NC(=O)[C@@H](C(C)C)NC(=O)[C@H](C(C)C)NC(=O)[C@H](Cc2ccc(O)cc2)NC(=O)[C@H](Cc2ccccc2)NC(=O)[C@H](CCCNC(C)=N)NC(=O)[C@@H]2CCCN2C(=O)[C@H]2CCCN2C(=O)[C@H](CC(N)=O)NC(=O)[C@H](C(C)C)NC(=O)[C@H](C(C)C)CC(=O)[C@H](CCCCNC(=O)C(F)(F)F)NC(=O)[C@H](C(C)C)NC(=O)[C@H](CO)CC(=O)[C@H](CC(C)C)NC(=O)[C@H](Cc2c[nH]c3ccccc23)NC1=O. The summed E-state index contributed by atoms with van der Waals surface area (Å²) < 4.78 is 39.9. The van der Waals surface area contributed by atoms with Crippen molar-refractivity contribution in [3.8, 4) is 5.75 Å². The summed E-state index contributed by atoms with van der Waals surface area (Å²) in [5, 5.41) is 67.5. The molecule has 16 amide bonds. The van der Waals surface area contributed by atoms with Crippen molar-refractivity contribution in [1.82, 2.24) is 89.2 Å². The molecule has 20 N–H and O–H groups in total. The van der Waals surface area contributed by atoms with Crippen LogP contribution in [0.2, 0.25) is 0 Å². The van der Waals surface area contributed by atoms with Crippen LogP contribution < -0.4 is 80.2 Å². The molecule has 3 saturated heterocycles. The first kappa shape index (κ1) is 116. The summed E-state index contributed by atoms with van der Waals surface area (Å²) in [6.45, 7) is 19.1. The molecule has 3 aromatic carbocycles. The van der Waals surface area contributed by atoms with Gasteiger partial charge in [-0.15, -0.1) is 0 Å². The highest BCUT2D eigenvalue weighted by Gasteiger charge is 2.48. The molecule has 782 valence electrons. The average Bonchev–Trinajstić information content (AvgIpc) is 1.58. The Morgan fingerprint density at radius 1 is 0.472 bits per heavy atom. The first-order valence-corrected chi connectivity index (χ1v) is 50.1. The number of Topliss-reactive ketones (excluding diaryl/α,β-unsaturated/α-hetero) is 2. The van der Waals surface area contributed by atoms with E-state index in [4.69, 9.17) is 11.1 Å². The maximum absolute atomic E-state index is 15.4. The predicted molar refractivity (Wildman–Crippen MR) is 524 cm³/mol. The van der Waals surface area contributed by atoms with E-state index in [9.17, 15) is 61.7 Å². The van der Waals surface area contributed by atoms with Gasteiger partial charge in [-0.25, -0.2) is 0 Å². The molecular formula is C99H144F3N19O20S. The number of carbonyl (C=O) groups excluding carboxylic acids is 18. The zero-order chi connectivity index (χ0) is 105. The van der Waals surface area contributed by atoms with Gasteiger partial charge in [0.2, 0.25) is 88.6 Å². The van der Waals surface area contributed by atoms with Gasteiger partial charge >= 0.3 is 12.1 Å². The van der Waals surface area contributed by atoms with Gasteiger partial charge in [-0.1, -0.05) is 144 Å². The first-order chi connectivity index (χ1) is 67.0. The number of nitrogens with one attached hydrogen (secondary N) is 16. The number of phenolic OH excluding ortho intramolecular Hbond substituents is 1. The number of hydrogen-bond acceptors (Lipinski definition) is 22. The van der Waals surface area contributed by atoms with Crippen molar-refractivity contribution in [3.63, 3.8) is 0 Å². The van der Waals surface area contributed by atoms with Gasteiger partial charge in [-0.2, -0.15) is 24.9 Å². The van der Waals surface area contributed by atoms with Crippen molar-refractivity contribution in [1.29, 1.82) is 5.41 Å². The highest BCUT2D eigenvalue weighted by Crippen LogP contribution is 2.30. The number of aliphatic hydroxyl groups excluding tert-OH is 1. The number of alkyl halides is 3. The minimum Gasteiger partial charge on any atom is -0.508 e. The number of nitrogens with zero attached hydrogens (tertiary/aromatic N) is 2. The number of thioether (sulfide) groups is 1. The summed E-state index contributed by atoms with van der Waals surface area (Å²) in [5.41, 5.74) is 7.86. The molecule has 0 radical (unpaired) electrons. The number of primary amides is 1. The fourth-order valence-corrected chi connectivity index (χ4v) is 17.8.